The van der Waals surface area contributed by atoms with Gasteiger partial charge in [0, 0.05) is 38.3 Å². The van der Waals surface area contributed by atoms with Crippen LogP contribution in [-0.2, 0) is 26.2 Å². The molecule has 1 aliphatic heterocycles. The second kappa shape index (κ2) is 11.9. The highest BCUT2D eigenvalue weighted by atomic mass is 32.2. The molecule has 0 atom stereocenters. The number of aryl methyl sites for hydroxylation is 1. The van der Waals surface area contributed by atoms with Gasteiger partial charge in [-0.05, 0) is 57.1 Å². The molecule has 10 nitrogen and oxygen atoms in total. The van der Waals surface area contributed by atoms with Gasteiger partial charge in [-0.15, -0.1) is 0 Å². The molecule has 1 N–H and O–H groups in total. The fraction of sp³-hybridized carbons (Fsp3) is 0.593. The zero-order valence-corrected chi connectivity index (χ0v) is 24.1. The van der Waals surface area contributed by atoms with Gasteiger partial charge in [0.15, 0.2) is 0 Å². The van der Waals surface area contributed by atoms with Gasteiger partial charge in [0.2, 0.25) is 5.91 Å². The van der Waals surface area contributed by atoms with E-state index in [1.165, 1.54) is 9.62 Å². The van der Waals surface area contributed by atoms with Crippen molar-refractivity contribution < 1.29 is 40.4 Å². The van der Waals surface area contributed by atoms with Gasteiger partial charge < -0.3 is 19.1 Å². The summed E-state index contributed by atoms with van der Waals surface area (Å²) in [4.78, 5) is 28.5. The van der Waals surface area contributed by atoms with Crippen LogP contribution in [0.2, 0.25) is 0 Å². The Labute approximate surface area is 237 Å². The molecule has 1 aromatic rings. The first-order valence-electron chi connectivity index (χ1n) is 13.6. The Kier molecular flexibility index (Phi) is 8.90. The summed E-state index contributed by atoms with van der Waals surface area (Å²) >= 11 is 0. The monoisotopic (exact) mass is 600 g/mol. The molecule has 0 bridgehead atoms. The smallest absolute Gasteiger partial charge is 0.444 e. The summed E-state index contributed by atoms with van der Waals surface area (Å²) in [7, 11) is -4.08. The van der Waals surface area contributed by atoms with E-state index < -0.39 is 32.9 Å². The van der Waals surface area contributed by atoms with Crippen molar-refractivity contribution in [2.75, 3.05) is 26.7 Å². The lowest BCUT2D eigenvalue weighted by Crippen LogP contribution is -2.44. The number of piperidine rings is 1. The van der Waals surface area contributed by atoms with Gasteiger partial charge in [0.25, 0.3) is 0 Å². The molecule has 1 saturated carbocycles. The minimum Gasteiger partial charge on any atom is -0.444 e. The molecule has 41 heavy (non-hydrogen) atoms. The largest absolute Gasteiger partial charge is 0.516 e. The third kappa shape index (κ3) is 6.62. The molecule has 226 valence electrons. The van der Waals surface area contributed by atoms with Crippen molar-refractivity contribution in [3.63, 3.8) is 0 Å². The number of aromatic nitrogens is 1. The zero-order chi connectivity index (χ0) is 30.0. The number of hydrogen-bond donors (Lipinski definition) is 1. The van der Waals surface area contributed by atoms with E-state index in [-0.39, 0.29) is 25.4 Å². The van der Waals surface area contributed by atoms with E-state index in [0.29, 0.717) is 37.3 Å². The van der Waals surface area contributed by atoms with Crippen molar-refractivity contribution in [3.8, 4) is 0 Å². The summed E-state index contributed by atoms with van der Waals surface area (Å²) in [6.45, 7) is 5.88. The van der Waals surface area contributed by atoms with E-state index in [1.807, 2.05) is 26.0 Å². The lowest BCUT2D eigenvalue weighted by Gasteiger charge is -2.33. The van der Waals surface area contributed by atoms with Crippen LogP contribution in [0.25, 0.3) is 0 Å². The van der Waals surface area contributed by atoms with Crippen molar-refractivity contribution in [1.29, 1.82) is 0 Å². The SMILES string of the molecule is CCCN(C)C(=O)OCc1c(C)noc1C1CCN(C2=CCC=C(C3(C(=O)NS(=O)(=O)C(F)(F)F)CC3)C=C2)CC1. The average Bonchev–Trinajstić information content (AvgIpc) is 3.68. The standard InChI is InChI=1S/C27H35F3N4O6S/c1-4-14-33(3)25(36)39-17-22-18(2)31-40-23(22)19-10-15-34(16-11-19)21-7-5-6-20(8-9-21)26(12-13-26)24(35)32-41(37,38)27(28,29)30/h6-9,19H,4-5,10-17H2,1-3H3,(H,32,35). The van der Waals surface area contributed by atoms with E-state index >= 15 is 0 Å². The summed E-state index contributed by atoms with van der Waals surface area (Å²) < 4.78 is 73.6. The Morgan fingerprint density at radius 3 is 2.51 bits per heavy atom. The van der Waals surface area contributed by atoms with Crippen LogP contribution < -0.4 is 4.72 Å². The maximum absolute atomic E-state index is 12.8. The molecule has 3 aliphatic rings. The summed E-state index contributed by atoms with van der Waals surface area (Å²) in [5.41, 5.74) is -3.95. The number of allylic oxidation sites excluding steroid dienone is 4. The summed E-state index contributed by atoms with van der Waals surface area (Å²) in [5, 5.41) is 4.10. The number of likely N-dealkylation sites (tertiary alicyclic amines) is 1. The lowest BCUT2D eigenvalue weighted by molar-refractivity contribution is -0.123. The molecular weight excluding hydrogens is 565 g/mol. The predicted octanol–water partition coefficient (Wildman–Crippen LogP) is 4.66. The fourth-order valence-electron chi connectivity index (χ4n) is 5.23. The van der Waals surface area contributed by atoms with Crippen LogP contribution in [0.15, 0.2) is 40.1 Å². The van der Waals surface area contributed by atoms with Crippen LogP contribution in [0.3, 0.4) is 0 Å². The highest BCUT2D eigenvalue weighted by molar-refractivity contribution is 7.90. The van der Waals surface area contributed by atoms with E-state index in [9.17, 15) is 31.2 Å². The molecule has 2 amide bonds. The van der Waals surface area contributed by atoms with E-state index in [1.54, 1.807) is 19.2 Å². The molecule has 1 saturated heterocycles. The average molecular weight is 601 g/mol. The number of sulfonamides is 1. The molecule has 0 spiro atoms. The molecule has 0 unspecified atom stereocenters. The number of hydrogen-bond acceptors (Lipinski definition) is 8. The van der Waals surface area contributed by atoms with Crippen LogP contribution in [-0.4, -0.2) is 67.6 Å². The Morgan fingerprint density at radius 1 is 1.22 bits per heavy atom. The number of alkyl halides is 3. The number of nitrogens with zero attached hydrogens (tertiary/aromatic N) is 3. The van der Waals surface area contributed by atoms with Gasteiger partial charge in [0.05, 0.1) is 16.7 Å². The van der Waals surface area contributed by atoms with Gasteiger partial charge >= 0.3 is 21.6 Å². The topological polar surface area (TPSA) is 122 Å². The summed E-state index contributed by atoms with van der Waals surface area (Å²) in [6.07, 6.45) is 10.2. The Hall–Kier alpha value is -3.29. The molecule has 2 fully saturated rings. The number of ether oxygens (including phenoxy) is 1. The van der Waals surface area contributed by atoms with Crippen molar-refractivity contribution in [3.05, 3.63) is 52.6 Å². The van der Waals surface area contributed by atoms with Gasteiger partial charge in [-0.2, -0.15) is 21.6 Å². The maximum atomic E-state index is 12.8. The van der Waals surface area contributed by atoms with E-state index in [0.717, 1.165) is 36.3 Å². The van der Waals surface area contributed by atoms with Crippen LogP contribution >= 0.6 is 0 Å². The normalized spacial score (nSPS) is 19.2. The Morgan fingerprint density at radius 2 is 1.90 bits per heavy atom. The molecule has 1 aromatic heterocycles. The molecular formula is C27H35F3N4O6S. The van der Waals surface area contributed by atoms with Gasteiger partial charge in [0.1, 0.15) is 12.4 Å². The summed E-state index contributed by atoms with van der Waals surface area (Å²) in [5.74, 6) is -0.346. The zero-order valence-electron chi connectivity index (χ0n) is 23.3. The highest BCUT2D eigenvalue weighted by Crippen LogP contribution is 2.53. The number of carbonyl (C=O) groups is 2. The molecule has 4 rings (SSSR count). The second-order valence-corrected chi connectivity index (χ2v) is 12.3. The van der Waals surface area contributed by atoms with Crippen molar-refractivity contribution in [1.82, 2.24) is 19.7 Å². The molecule has 0 radical (unpaired) electrons. The highest BCUT2D eigenvalue weighted by Gasteiger charge is 2.56. The minimum absolute atomic E-state index is 0.0830. The fourth-order valence-corrected chi connectivity index (χ4v) is 5.79. The molecule has 14 heteroatoms. The second-order valence-electron chi connectivity index (χ2n) is 10.7. The minimum atomic E-state index is -5.77. The third-order valence-corrected chi connectivity index (χ3v) is 8.89. The van der Waals surface area contributed by atoms with Crippen molar-refractivity contribution >= 4 is 22.0 Å². The van der Waals surface area contributed by atoms with E-state index in [4.69, 9.17) is 9.26 Å². The molecule has 2 heterocycles. The number of rotatable bonds is 9. The Balaban J connectivity index is 1.35. The molecule has 0 aromatic carbocycles. The van der Waals surface area contributed by atoms with Gasteiger partial charge in [-0.3, -0.25) is 4.79 Å². The molecule has 2 aliphatic carbocycles. The lowest BCUT2D eigenvalue weighted by atomic mass is 9.91. The quantitative estimate of drug-likeness (QED) is 0.435. The van der Waals surface area contributed by atoms with Crippen molar-refractivity contribution in [2.45, 2.75) is 70.4 Å². The number of halogens is 3. The summed E-state index contributed by atoms with van der Waals surface area (Å²) in [6, 6.07) is 0. The van der Waals surface area contributed by atoms with Gasteiger partial charge in [-0.1, -0.05) is 30.3 Å². The number of amides is 2. The van der Waals surface area contributed by atoms with Crippen LogP contribution in [0.4, 0.5) is 18.0 Å². The van der Waals surface area contributed by atoms with Crippen LogP contribution in [0.5, 0.6) is 0 Å². The van der Waals surface area contributed by atoms with Crippen molar-refractivity contribution in [2.24, 2.45) is 5.41 Å². The first-order valence-corrected chi connectivity index (χ1v) is 15.1. The predicted molar refractivity (Wildman–Crippen MR) is 143 cm³/mol. The first kappa shape index (κ1) is 30.7. The number of carbonyl (C=O) groups excluding carboxylic acids is 2. The van der Waals surface area contributed by atoms with E-state index in [2.05, 4.69) is 10.1 Å². The maximum Gasteiger partial charge on any atom is 0.516 e. The third-order valence-electron chi connectivity index (χ3n) is 7.82. The first-order chi connectivity index (χ1) is 19.3. The van der Waals surface area contributed by atoms with Crippen LogP contribution in [0.1, 0.15) is 68.4 Å². The number of nitrogens with one attached hydrogen (secondary N) is 1. The van der Waals surface area contributed by atoms with Crippen LogP contribution in [0, 0.1) is 12.3 Å². The van der Waals surface area contributed by atoms with Gasteiger partial charge in [-0.25, -0.2) is 9.52 Å². The Bertz CT molecular complexity index is 1350.